The standard InChI is InChI=1S/C37H40O4/c1-7-15-31-19-23-33(24-20-31)17-11-9-13-27-37(35(38)40-29(3)4,36(39)41-30(5)6)28-14-10-12-18-34-25-21-32(16-8-2)22-26-34/h19-26,29-30H,7-8,15-16,27-28H2,1-6H3. The third-order valence-electron chi connectivity index (χ3n) is 5.95. The van der Waals surface area contributed by atoms with Crippen molar-refractivity contribution < 1.29 is 19.1 Å². The first-order valence-corrected chi connectivity index (χ1v) is 14.3. The van der Waals surface area contributed by atoms with E-state index in [1.165, 1.54) is 11.1 Å². The maximum absolute atomic E-state index is 13.3. The van der Waals surface area contributed by atoms with Gasteiger partial charge in [0.2, 0.25) is 0 Å². The Morgan fingerprint density at radius 2 is 1.00 bits per heavy atom. The van der Waals surface area contributed by atoms with Crippen molar-refractivity contribution in [3.05, 3.63) is 70.8 Å². The van der Waals surface area contributed by atoms with Crippen molar-refractivity contribution in [2.75, 3.05) is 0 Å². The van der Waals surface area contributed by atoms with E-state index in [-0.39, 0.29) is 12.8 Å². The fraction of sp³-hybridized carbons (Fsp3) is 0.405. The van der Waals surface area contributed by atoms with E-state index in [9.17, 15) is 9.59 Å². The Kier molecular flexibility index (Phi) is 13.9. The molecule has 0 N–H and O–H groups in total. The average Bonchev–Trinajstić information content (AvgIpc) is 2.93. The molecule has 2 aromatic carbocycles. The van der Waals surface area contributed by atoms with Crippen LogP contribution in [0.15, 0.2) is 48.5 Å². The normalized spacial score (nSPS) is 10.1. The summed E-state index contributed by atoms with van der Waals surface area (Å²) in [5.74, 6) is 21.5. The number of carbonyl (C=O) groups is 2. The van der Waals surface area contributed by atoms with E-state index >= 15 is 0 Å². The Hall–Kier alpha value is -4.38. The topological polar surface area (TPSA) is 52.6 Å². The lowest BCUT2D eigenvalue weighted by molar-refractivity contribution is -0.176. The van der Waals surface area contributed by atoms with Crippen LogP contribution in [0.5, 0.6) is 0 Å². The Bertz CT molecular complexity index is 1290. The third-order valence-corrected chi connectivity index (χ3v) is 5.95. The van der Waals surface area contributed by atoms with E-state index < -0.39 is 29.6 Å². The minimum absolute atomic E-state index is 0.144. The third kappa shape index (κ3) is 11.3. The number of hydrogen-bond acceptors (Lipinski definition) is 4. The van der Waals surface area contributed by atoms with Gasteiger partial charge in [0.05, 0.1) is 12.2 Å². The molecule has 0 aliphatic rings. The monoisotopic (exact) mass is 548 g/mol. The Morgan fingerprint density at radius 1 is 0.634 bits per heavy atom. The molecule has 0 unspecified atom stereocenters. The molecule has 0 bridgehead atoms. The summed E-state index contributed by atoms with van der Waals surface area (Å²) in [6.07, 6.45) is 3.07. The molecular formula is C37H40O4. The molecular weight excluding hydrogens is 508 g/mol. The summed E-state index contributed by atoms with van der Waals surface area (Å²) in [5.41, 5.74) is 2.48. The second-order valence-electron chi connectivity index (χ2n) is 10.3. The van der Waals surface area contributed by atoms with Gasteiger partial charge in [-0.2, -0.15) is 0 Å². The van der Waals surface area contributed by atoms with Crippen LogP contribution in [0.3, 0.4) is 0 Å². The minimum atomic E-state index is -1.72. The molecule has 0 amide bonds. The highest BCUT2D eigenvalue weighted by atomic mass is 16.6. The summed E-state index contributed by atoms with van der Waals surface area (Å²) < 4.78 is 11.0. The maximum atomic E-state index is 13.3. The lowest BCUT2D eigenvalue weighted by Gasteiger charge is -2.27. The van der Waals surface area contributed by atoms with Crippen molar-refractivity contribution >= 4 is 11.9 Å². The molecule has 0 saturated heterocycles. The quantitative estimate of drug-likeness (QED) is 0.189. The molecule has 0 heterocycles. The summed E-state index contributed by atoms with van der Waals surface area (Å²) in [4.78, 5) is 26.6. The van der Waals surface area contributed by atoms with Crippen LogP contribution in [0.4, 0.5) is 0 Å². The SMILES string of the molecule is CCCc1ccc(C#CC#CCC(CC#CC#Cc2ccc(CCC)cc2)(C(=O)OC(C)C)C(=O)OC(C)C)cc1. The molecule has 0 aliphatic carbocycles. The predicted octanol–water partition coefficient (Wildman–Crippen LogP) is 6.67. The smallest absolute Gasteiger partial charge is 0.325 e. The molecule has 41 heavy (non-hydrogen) atoms. The summed E-state index contributed by atoms with van der Waals surface area (Å²) in [5, 5.41) is 0. The van der Waals surface area contributed by atoms with E-state index in [1.807, 2.05) is 24.3 Å². The van der Waals surface area contributed by atoms with Crippen molar-refractivity contribution in [1.82, 2.24) is 0 Å². The van der Waals surface area contributed by atoms with Gasteiger partial charge in [-0.1, -0.05) is 74.6 Å². The van der Waals surface area contributed by atoms with Crippen LogP contribution in [0.1, 0.15) is 89.5 Å². The second kappa shape index (κ2) is 17.3. The highest BCUT2D eigenvalue weighted by Gasteiger charge is 2.49. The summed E-state index contributed by atoms with van der Waals surface area (Å²) >= 11 is 0. The number of ether oxygens (including phenoxy) is 2. The van der Waals surface area contributed by atoms with Gasteiger partial charge in [0.15, 0.2) is 5.41 Å². The first kappa shape index (κ1) is 32.8. The summed E-state index contributed by atoms with van der Waals surface area (Å²) in [7, 11) is 0. The molecule has 0 saturated carbocycles. The second-order valence-corrected chi connectivity index (χ2v) is 10.3. The van der Waals surface area contributed by atoms with E-state index in [0.29, 0.717) is 0 Å². The molecule has 4 nitrogen and oxygen atoms in total. The van der Waals surface area contributed by atoms with E-state index in [1.54, 1.807) is 27.7 Å². The number of hydrogen-bond donors (Lipinski definition) is 0. The average molecular weight is 549 g/mol. The zero-order valence-corrected chi connectivity index (χ0v) is 25.1. The minimum Gasteiger partial charge on any atom is -0.462 e. The van der Waals surface area contributed by atoms with Gasteiger partial charge in [-0.05, 0) is 99.6 Å². The first-order valence-electron chi connectivity index (χ1n) is 14.3. The highest BCUT2D eigenvalue weighted by Crippen LogP contribution is 2.31. The highest BCUT2D eigenvalue weighted by molar-refractivity contribution is 6.01. The first-order chi connectivity index (χ1) is 19.7. The summed E-state index contributed by atoms with van der Waals surface area (Å²) in [6, 6.07) is 16.1. The summed E-state index contributed by atoms with van der Waals surface area (Å²) in [6.45, 7) is 11.2. The zero-order chi connectivity index (χ0) is 30.1. The van der Waals surface area contributed by atoms with Crippen LogP contribution in [-0.2, 0) is 31.9 Å². The Morgan fingerprint density at radius 3 is 1.32 bits per heavy atom. The largest absolute Gasteiger partial charge is 0.462 e. The van der Waals surface area contributed by atoms with Crippen molar-refractivity contribution in [3.63, 3.8) is 0 Å². The van der Waals surface area contributed by atoms with Gasteiger partial charge >= 0.3 is 11.9 Å². The van der Waals surface area contributed by atoms with E-state index in [4.69, 9.17) is 9.47 Å². The molecule has 0 radical (unpaired) electrons. The molecule has 212 valence electrons. The molecule has 2 rings (SSSR count). The maximum Gasteiger partial charge on any atom is 0.325 e. The van der Waals surface area contributed by atoms with Gasteiger partial charge in [-0.15, -0.1) is 0 Å². The number of rotatable bonds is 10. The molecule has 0 spiro atoms. The van der Waals surface area contributed by atoms with Crippen LogP contribution < -0.4 is 0 Å². The van der Waals surface area contributed by atoms with Gasteiger partial charge in [0.1, 0.15) is 0 Å². The molecule has 4 heteroatoms. The van der Waals surface area contributed by atoms with Crippen LogP contribution in [0.25, 0.3) is 0 Å². The Labute approximate surface area is 246 Å². The van der Waals surface area contributed by atoms with Gasteiger partial charge in [-0.3, -0.25) is 9.59 Å². The molecule has 2 aromatic rings. The fourth-order valence-electron chi connectivity index (χ4n) is 3.86. The van der Waals surface area contributed by atoms with Crippen molar-refractivity contribution in [2.45, 2.75) is 92.3 Å². The molecule has 0 aliphatic heterocycles. The molecule has 0 atom stereocenters. The lowest BCUT2D eigenvalue weighted by atomic mass is 9.81. The Balaban J connectivity index is 2.32. The molecule has 0 fully saturated rings. The van der Waals surface area contributed by atoms with Gasteiger partial charge < -0.3 is 9.47 Å². The van der Waals surface area contributed by atoms with Gasteiger partial charge in [-0.25, -0.2) is 0 Å². The van der Waals surface area contributed by atoms with Gasteiger partial charge in [0.25, 0.3) is 0 Å². The zero-order valence-electron chi connectivity index (χ0n) is 25.1. The number of esters is 2. The fourth-order valence-corrected chi connectivity index (χ4v) is 3.86. The van der Waals surface area contributed by atoms with E-state index in [2.05, 4.69) is 85.5 Å². The number of aryl methyl sites for hydroxylation is 2. The van der Waals surface area contributed by atoms with Gasteiger partial charge in [0, 0.05) is 24.0 Å². The van der Waals surface area contributed by atoms with Crippen molar-refractivity contribution in [1.29, 1.82) is 0 Å². The van der Waals surface area contributed by atoms with Crippen molar-refractivity contribution in [3.8, 4) is 47.4 Å². The number of benzene rings is 2. The van der Waals surface area contributed by atoms with Crippen molar-refractivity contribution in [2.24, 2.45) is 5.41 Å². The van der Waals surface area contributed by atoms with E-state index in [0.717, 1.165) is 36.8 Å². The van der Waals surface area contributed by atoms with Crippen LogP contribution in [0, 0.1) is 52.8 Å². The van der Waals surface area contributed by atoms with Crippen LogP contribution in [0.2, 0.25) is 0 Å². The number of carbonyl (C=O) groups excluding carboxylic acids is 2. The predicted molar refractivity (Wildman–Crippen MR) is 164 cm³/mol. The van der Waals surface area contributed by atoms with Crippen LogP contribution >= 0.6 is 0 Å². The lowest BCUT2D eigenvalue weighted by Crippen LogP contribution is -2.43. The molecule has 0 aromatic heterocycles. The van der Waals surface area contributed by atoms with Crippen LogP contribution in [-0.4, -0.2) is 24.1 Å².